The highest BCUT2D eigenvalue weighted by Gasteiger charge is 2.30. The van der Waals surface area contributed by atoms with Crippen LogP contribution in [0.4, 0.5) is 5.82 Å². The van der Waals surface area contributed by atoms with Crippen molar-refractivity contribution in [3.8, 4) is 5.75 Å². The zero-order chi connectivity index (χ0) is 28.5. The van der Waals surface area contributed by atoms with Gasteiger partial charge in [-0.2, -0.15) is 0 Å². The van der Waals surface area contributed by atoms with Gasteiger partial charge in [-0.05, 0) is 25.0 Å². The number of nitrogens with zero attached hydrogens (tertiary/aromatic N) is 5. The summed E-state index contributed by atoms with van der Waals surface area (Å²) >= 11 is 0. The molecule has 0 radical (unpaired) electrons. The number of ether oxygens (including phenoxy) is 1. The first-order valence-corrected chi connectivity index (χ1v) is 13.6. The number of hydrogen-bond donors (Lipinski definition) is 1. The zero-order valence-electron chi connectivity index (χ0n) is 22.9. The highest BCUT2D eigenvalue weighted by molar-refractivity contribution is 6.12. The van der Waals surface area contributed by atoms with Gasteiger partial charge in [0.25, 0.3) is 11.5 Å². The van der Waals surface area contributed by atoms with Gasteiger partial charge in [0.1, 0.15) is 17.5 Å². The molecule has 0 unspecified atom stereocenters. The Morgan fingerprint density at radius 2 is 1.76 bits per heavy atom. The molecule has 1 aliphatic heterocycles. The molecule has 1 amide bonds. The summed E-state index contributed by atoms with van der Waals surface area (Å²) in [5, 5.41) is 4.18. The first-order valence-electron chi connectivity index (χ1n) is 13.6. The Kier molecular flexibility index (Phi) is 6.96. The average molecular weight is 551 g/mol. The van der Waals surface area contributed by atoms with Crippen molar-refractivity contribution in [1.29, 1.82) is 0 Å². The predicted molar refractivity (Wildman–Crippen MR) is 157 cm³/mol. The van der Waals surface area contributed by atoms with E-state index in [-0.39, 0.29) is 46.7 Å². The lowest BCUT2D eigenvalue weighted by molar-refractivity contribution is 0.0918. The number of aryl methyl sites for hydroxylation is 1. The third kappa shape index (κ3) is 4.71. The third-order valence-corrected chi connectivity index (χ3v) is 7.80. The Balaban J connectivity index is 1.36. The van der Waals surface area contributed by atoms with E-state index in [2.05, 4.69) is 20.2 Å². The maximum atomic E-state index is 14.0. The molecule has 10 heteroatoms. The fourth-order valence-corrected chi connectivity index (χ4v) is 5.77. The molecule has 5 aromatic rings. The Morgan fingerprint density at radius 1 is 1.02 bits per heavy atom. The van der Waals surface area contributed by atoms with Gasteiger partial charge in [-0.25, -0.2) is 9.97 Å². The first kappa shape index (κ1) is 26.2. The van der Waals surface area contributed by atoms with Crippen molar-refractivity contribution in [1.82, 2.24) is 24.4 Å². The molecule has 1 aliphatic rings. The van der Waals surface area contributed by atoms with E-state index in [1.807, 2.05) is 36.4 Å². The quantitative estimate of drug-likeness (QED) is 0.309. The van der Waals surface area contributed by atoms with Crippen molar-refractivity contribution in [3.63, 3.8) is 0 Å². The van der Waals surface area contributed by atoms with Gasteiger partial charge in [-0.15, -0.1) is 0 Å². The van der Waals surface area contributed by atoms with E-state index in [1.54, 1.807) is 42.1 Å². The maximum absolute atomic E-state index is 14.0. The molecule has 1 saturated heterocycles. The van der Waals surface area contributed by atoms with E-state index in [0.717, 1.165) is 37.1 Å². The van der Waals surface area contributed by atoms with Crippen LogP contribution in [0.2, 0.25) is 0 Å². The lowest BCUT2D eigenvalue weighted by Crippen LogP contribution is -2.45. The molecule has 0 saturated carbocycles. The summed E-state index contributed by atoms with van der Waals surface area (Å²) in [5.41, 5.74) is 1.62. The number of hydrogen-bond acceptors (Lipinski definition) is 7. The number of carbonyl (C=O) groups is 2. The summed E-state index contributed by atoms with van der Waals surface area (Å²) in [7, 11) is 3.22. The number of amides is 1. The van der Waals surface area contributed by atoms with Gasteiger partial charge in [0.05, 0.1) is 24.7 Å². The fourth-order valence-electron chi connectivity index (χ4n) is 5.77. The van der Waals surface area contributed by atoms with Gasteiger partial charge in [0.15, 0.2) is 17.2 Å². The minimum atomic E-state index is -0.382. The molecule has 41 heavy (non-hydrogen) atoms. The molecule has 1 fully saturated rings. The normalized spacial score (nSPS) is 14.0. The number of Topliss-reactive ketones (excluding diaryl/α,β-unsaturated/α-hetero) is 1. The van der Waals surface area contributed by atoms with Gasteiger partial charge in [0, 0.05) is 43.3 Å². The minimum absolute atomic E-state index is 0.0415. The van der Waals surface area contributed by atoms with Crippen molar-refractivity contribution in [2.24, 2.45) is 7.05 Å². The lowest BCUT2D eigenvalue weighted by atomic mass is 10.0. The monoisotopic (exact) mass is 550 g/mol. The van der Waals surface area contributed by atoms with Gasteiger partial charge >= 0.3 is 0 Å². The predicted octanol–water partition coefficient (Wildman–Crippen LogP) is 3.57. The van der Waals surface area contributed by atoms with Crippen LogP contribution >= 0.6 is 0 Å². The maximum Gasteiger partial charge on any atom is 0.272 e. The second kappa shape index (κ2) is 10.9. The molecule has 4 heterocycles. The van der Waals surface area contributed by atoms with Gasteiger partial charge in [-0.3, -0.25) is 19.0 Å². The van der Waals surface area contributed by atoms with E-state index in [4.69, 9.17) is 4.74 Å². The number of aromatic nitrogens is 4. The number of rotatable bonds is 7. The molecule has 0 aliphatic carbocycles. The highest BCUT2D eigenvalue weighted by atomic mass is 16.5. The number of fused-ring (bicyclic) bond motifs is 3. The number of nitrogens with one attached hydrogen (secondary N) is 1. The molecule has 0 atom stereocenters. The van der Waals surface area contributed by atoms with Crippen LogP contribution in [0.25, 0.3) is 21.8 Å². The van der Waals surface area contributed by atoms with E-state index in [9.17, 15) is 14.4 Å². The molecule has 2 aromatic carbocycles. The van der Waals surface area contributed by atoms with E-state index in [0.29, 0.717) is 16.6 Å². The van der Waals surface area contributed by atoms with Gasteiger partial charge in [0.2, 0.25) is 0 Å². The second-order valence-electron chi connectivity index (χ2n) is 10.2. The van der Waals surface area contributed by atoms with E-state index in [1.165, 1.54) is 18.0 Å². The Bertz CT molecular complexity index is 1810. The summed E-state index contributed by atoms with van der Waals surface area (Å²) in [6, 6.07) is 18.2. The van der Waals surface area contributed by atoms with Crippen molar-refractivity contribution in [2.45, 2.75) is 25.4 Å². The standard InChI is InChI=1S/C31H30N6O4/c1-35-27-22-10-6-7-11-23(22)37(18-24(38)20-8-4-3-5-9-20)31(40)26(27)29(41-2)28(35)30(39)34-21-13-16-36(17-14-21)25-12-15-32-19-33-25/h3-12,15,19,21H,13-14,16-18H2,1-2H3,(H,34,39). The Labute approximate surface area is 236 Å². The third-order valence-electron chi connectivity index (χ3n) is 7.80. The number of pyridine rings is 1. The van der Waals surface area contributed by atoms with Crippen LogP contribution in [0, 0.1) is 0 Å². The van der Waals surface area contributed by atoms with E-state index < -0.39 is 0 Å². The molecular weight excluding hydrogens is 520 g/mol. The van der Waals surface area contributed by atoms with Crippen LogP contribution in [0.5, 0.6) is 5.75 Å². The largest absolute Gasteiger partial charge is 0.493 e. The van der Waals surface area contributed by atoms with Gasteiger partial charge < -0.3 is 19.5 Å². The molecule has 10 nitrogen and oxygen atoms in total. The second-order valence-corrected chi connectivity index (χ2v) is 10.2. The first-order chi connectivity index (χ1) is 20.0. The van der Waals surface area contributed by atoms with Crippen LogP contribution in [0.15, 0.2) is 78.0 Å². The smallest absolute Gasteiger partial charge is 0.272 e. The average Bonchev–Trinajstić information content (AvgIpc) is 3.32. The molecule has 208 valence electrons. The molecule has 6 rings (SSSR count). The highest BCUT2D eigenvalue weighted by Crippen LogP contribution is 2.35. The summed E-state index contributed by atoms with van der Waals surface area (Å²) in [5.74, 6) is 0.582. The number of benzene rings is 2. The number of piperidine rings is 1. The number of anilines is 1. The van der Waals surface area contributed by atoms with Crippen LogP contribution in [-0.2, 0) is 13.6 Å². The van der Waals surface area contributed by atoms with Crippen molar-refractivity contribution >= 4 is 39.3 Å². The van der Waals surface area contributed by atoms with Gasteiger partial charge in [-0.1, -0.05) is 48.5 Å². The summed E-state index contributed by atoms with van der Waals surface area (Å²) in [6.45, 7) is 1.36. The number of methoxy groups -OCH3 is 1. The van der Waals surface area contributed by atoms with Crippen LogP contribution < -0.4 is 20.5 Å². The number of ketones is 1. The lowest BCUT2D eigenvalue weighted by Gasteiger charge is -2.33. The van der Waals surface area contributed by atoms with E-state index >= 15 is 0 Å². The SMILES string of the molecule is COc1c(C(=O)NC2CCN(c3ccncn3)CC2)n(C)c2c1c(=O)n(CC(=O)c1ccccc1)c1ccccc21. The minimum Gasteiger partial charge on any atom is -0.493 e. The molecular formula is C31H30N6O4. The van der Waals surface area contributed by atoms with Crippen LogP contribution in [0.1, 0.15) is 33.7 Å². The Hall–Kier alpha value is -4.99. The topological polar surface area (TPSA) is 111 Å². The molecule has 3 aromatic heterocycles. The summed E-state index contributed by atoms with van der Waals surface area (Å²) < 4.78 is 8.94. The van der Waals surface area contributed by atoms with Crippen molar-refractivity contribution < 1.29 is 14.3 Å². The van der Waals surface area contributed by atoms with Crippen LogP contribution in [-0.4, -0.2) is 57.0 Å². The van der Waals surface area contributed by atoms with Crippen LogP contribution in [0.3, 0.4) is 0 Å². The fraction of sp³-hybridized carbons (Fsp3) is 0.258. The summed E-state index contributed by atoms with van der Waals surface area (Å²) in [4.78, 5) is 51.4. The molecule has 1 N–H and O–H groups in total. The molecule has 0 bridgehead atoms. The Morgan fingerprint density at radius 3 is 2.46 bits per heavy atom. The van der Waals surface area contributed by atoms with Crippen molar-refractivity contribution in [2.75, 3.05) is 25.1 Å². The summed E-state index contributed by atoms with van der Waals surface area (Å²) in [6.07, 6.45) is 4.75. The number of carbonyl (C=O) groups excluding carboxylic acids is 2. The number of para-hydroxylation sites is 1. The molecule has 0 spiro atoms. The van der Waals surface area contributed by atoms with Crippen molar-refractivity contribution in [3.05, 3.63) is 94.8 Å². The zero-order valence-corrected chi connectivity index (χ0v) is 22.9.